The SMILES string of the molecule is CC(C)CNc1cc(N2C=C3C=[N+](C)C=C3C2)nc(N)n1. The second kappa shape index (κ2) is 5.20. The van der Waals surface area contributed by atoms with Crippen LogP contribution in [0.1, 0.15) is 13.8 Å². The van der Waals surface area contributed by atoms with Gasteiger partial charge in [-0.1, -0.05) is 13.8 Å². The van der Waals surface area contributed by atoms with Gasteiger partial charge in [0, 0.05) is 18.8 Å². The van der Waals surface area contributed by atoms with Crippen LogP contribution < -0.4 is 16.0 Å². The Kier molecular flexibility index (Phi) is 3.37. The first-order valence-electron chi connectivity index (χ1n) is 7.16. The Labute approximate surface area is 124 Å². The zero-order valence-corrected chi connectivity index (χ0v) is 12.7. The quantitative estimate of drug-likeness (QED) is 0.819. The van der Waals surface area contributed by atoms with Crippen LogP contribution >= 0.6 is 0 Å². The molecule has 0 saturated carbocycles. The minimum Gasteiger partial charge on any atom is -0.370 e. The number of aromatic nitrogens is 2. The van der Waals surface area contributed by atoms with Gasteiger partial charge in [0.05, 0.1) is 17.7 Å². The summed E-state index contributed by atoms with van der Waals surface area (Å²) in [6.45, 7) is 5.99. The lowest BCUT2D eigenvalue weighted by atomic mass is 10.2. The van der Waals surface area contributed by atoms with Crippen LogP contribution in [0.5, 0.6) is 0 Å². The van der Waals surface area contributed by atoms with Crippen LogP contribution in [-0.4, -0.2) is 40.9 Å². The van der Waals surface area contributed by atoms with Crippen LogP contribution in [0.3, 0.4) is 0 Å². The van der Waals surface area contributed by atoms with Crippen molar-refractivity contribution in [2.24, 2.45) is 5.92 Å². The number of hydrogen-bond acceptors (Lipinski definition) is 5. The zero-order valence-electron chi connectivity index (χ0n) is 12.7. The minimum absolute atomic E-state index is 0.296. The number of hydrogen-bond donors (Lipinski definition) is 2. The molecule has 0 aliphatic carbocycles. The van der Waals surface area contributed by atoms with Crippen molar-refractivity contribution in [2.45, 2.75) is 13.8 Å². The predicted molar refractivity (Wildman–Crippen MR) is 85.5 cm³/mol. The molecule has 1 aromatic rings. The molecule has 3 rings (SSSR count). The predicted octanol–water partition coefficient (Wildman–Crippen LogP) is 1.44. The lowest BCUT2D eigenvalue weighted by Gasteiger charge is -2.16. The molecular formula is C15H21N6+. The van der Waals surface area contributed by atoms with E-state index in [0.717, 1.165) is 24.7 Å². The van der Waals surface area contributed by atoms with E-state index in [1.165, 1.54) is 11.1 Å². The van der Waals surface area contributed by atoms with Crippen LogP contribution in [0.4, 0.5) is 17.6 Å². The molecule has 3 heterocycles. The van der Waals surface area contributed by atoms with E-state index in [4.69, 9.17) is 5.73 Å². The highest BCUT2D eigenvalue weighted by molar-refractivity contribution is 5.86. The van der Waals surface area contributed by atoms with Crippen LogP contribution in [0, 0.1) is 5.92 Å². The first-order valence-corrected chi connectivity index (χ1v) is 7.16. The Hall–Kier alpha value is -2.37. The molecule has 0 radical (unpaired) electrons. The summed E-state index contributed by atoms with van der Waals surface area (Å²) in [6, 6.07) is 1.95. The summed E-state index contributed by atoms with van der Waals surface area (Å²) in [6.07, 6.45) is 6.34. The summed E-state index contributed by atoms with van der Waals surface area (Å²) in [4.78, 5) is 10.7. The summed E-state index contributed by atoms with van der Waals surface area (Å²) >= 11 is 0. The Morgan fingerprint density at radius 1 is 1.43 bits per heavy atom. The average Bonchev–Trinajstić information content (AvgIpc) is 2.92. The van der Waals surface area contributed by atoms with Crippen molar-refractivity contribution in [1.29, 1.82) is 0 Å². The van der Waals surface area contributed by atoms with Gasteiger partial charge >= 0.3 is 0 Å². The first kappa shape index (κ1) is 13.6. The number of fused-ring (bicyclic) bond motifs is 1. The molecule has 0 amide bonds. The van der Waals surface area contributed by atoms with Gasteiger partial charge < -0.3 is 16.0 Å². The molecule has 0 unspecified atom stereocenters. The molecule has 0 fully saturated rings. The summed E-state index contributed by atoms with van der Waals surface area (Å²) in [5, 5.41) is 3.30. The second-order valence-electron chi connectivity index (χ2n) is 5.91. The van der Waals surface area contributed by atoms with Gasteiger partial charge in [-0.25, -0.2) is 4.58 Å². The molecule has 6 nitrogen and oxygen atoms in total. The summed E-state index contributed by atoms with van der Waals surface area (Å²) in [5.74, 6) is 2.45. The second-order valence-corrected chi connectivity index (χ2v) is 5.91. The minimum atomic E-state index is 0.296. The molecule has 110 valence electrons. The maximum absolute atomic E-state index is 5.83. The molecule has 0 bridgehead atoms. The molecule has 0 saturated heterocycles. The van der Waals surface area contributed by atoms with Gasteiger partial charge in [0.15, 0.2) is 12.4 Å². The number of anilines is 3. The number of nitrogens with one attached hydrogen (secondary N) is 1. The van der Waals surface area contributed by atoms with E-state index in [1.807, 2.05) is 13.1 Å². The molecule has 2 aliphatic heterocycles. The topological polar surface area (TPSA) is 70.1 Å². The largest absolute Gasteiger partial charge is 0.370 e. The maximum Gasteiger partial charge on any atom is 0.223 e. The average molecular weight is 285 g/mol. The van der Waals surface area contributed by atoms with Crippen LogP contribution in [0.15, 0.2) is 29.6 Å². The maximum atomic E-state index is 5.83. The first-order chi connectivity index (χ1) is 10.0. The van der Waals surface area contributed by atoms with Crippen molar-refractivity contribution >= 4 is 23.8 Å². The van der Waals surface area contributed by atoms with E-state index in [9.17, 15) is 0 Å². The molecule has 3 N–H and O–H groups in total. The fourth-order valence-electron chi connectivity index (χ4n) is 2.45. The fraction of sp³-hybridized carbons (Fsp3) is 0.400. The van der Waals surface area contributed by atoms with E-state index < -0.39 is 0 Å². The van der Waals surface area contributed by atoms with Gasteiger partial charge in [-0.15, -0.1) is 0 Å². The number of nitrogens with zero attached hydrogens (tertiary/aromatic N) is 4. The number of nitrogens with two attached hydrogens (primary N) is 1. The third-order valence-electron chi connectivity index (χ3n) is 3.42. The highest BCUT2D eigenvalue weighted by atomic mass is 15.2. The van der Waals surface area contributed by atoms with Crippen molar-refractivity contribution < 1.29 is 4.58 Å². The van der Waals surface area contributed by atoms with E-state index in [1.54, 1.807) is 0 Å². The number of rotatable bonds is 4. The molecule has 0 aromatic carbocycles. The summed E-state index contributed by atoms with van der Waals surface area (Å²) in [7, 11) is 2.03. The standard InChI is InChI=1S/C15H21N6/c1-10(2)5-17-13-4-14(19-15(16)18-13)21-8-11-6-20(3)7-12(11)9-21/h4,6-8,10H,5,9H2,1-3H3,(H3,16,17,18,19)/q+1. The van der Waals surface area contributed by atoms with Crippen LogP contribution in [0.25, 0.3) is 0 Å². The molecule has 0 atom stereocenters. The molecule has 1 aromatic heterocycles. The molecule has 21 heavy (non-hydrogen) atoms. The van der Waals surface area contributed by atoms with E-state index in [0.29, 0.717) is 11.9 Å². The molecule has 2 aliphatic rings. The van der Waals surface area contributed by atoms with Gasteiger partial charge in [0.1, 0.15) is 18.7 Å². The Morgan fingerprint density at radius 3 is 2.95 bits per heavy atom. The fourth-order valence-corrected chi connectivity index (χ4v) is 2.45. The summed E-state index contributed by atoms with van der Waals surface area (Å²) in [5.41, 5.74) is 8.36. The smallest absolute Gasteiger partial charge is 0.223 e. The van der Waals surface area contributed by atoms with Gasteiger partial charge in [0.25, 0.3) is 0 Å². The molecule has 6 heteroatoms. The highest BCUT2D eigenvalue weighted by Crippen LogP contribution is 2.28. The summed E-state index contributed by atoms with van der Waals surface area (Å²) < 4.78 is 2.07. The van der Waals surface area contributed by atoms with Crippen LogP contribution in [0.2, 0.25) is 0 Å². The van der Waals surface area contributed by atoms with Crippen molar-refractivity contribution in [3.63, 3.8) is 0 Å². The highest BCUT2D eigenvalue weighted by Gasteiger charge is 2.27. The normalized spacial score (nSPS) is 16.8. The number of nitrogen functional groups attached to an aromatic ring is 1. The van der Waals surface area contributed by atoms with Crippen molar-refractivity contribution in [3.05, 3.63) is 29.6 Å². The Bertz CT molecular complexity index is 656. The van der Waals surface area contributed by atoms with E-state index in [-0.39, 0.29) is 0 Å². The zero-order chi connectivity index (χ0) is 15.0. The van der Waals surface area contributed by atoms with Crippen molar-refractivity contribution in [1.82, 2.24) is 9.97 Å². The lowest BCUT2D eigenvalue weighted by Crippen LogP contribution is -2.17. The van der Waals surface area contributed by atoms with E-state index in [2.05, 4.69) is 57.2 Å². The molecule has 0 spiro atoms. The molecular weight excluding hydrogens is 264 g/mol. The van der Waals surface area contributed by atoms with Gasteiger partial charge in [0.2, 0.25) is 5.95 Å². The van der Waals surface area contributed by atoms with Gasteiger partial charge in [-0.3, -0.25) is 0 Å². The third kappa shape index (κ3) is 2.89. The van der Waals surface area contributed by atoms with Gasteiger partial charge in [-0.2, -0.15) is 9.97 Å². The Balaban J connectivity index is 1.82. The lowest BCUT2D eigenvalue weighted by molar-refractivity contribution is -0.413. The van der Waals surface area contributed by atoms with Crippen molar-refractivity contribution in [3.8, 4) is 0 Å². The third-order valence-corrected chi connectivity index (χ3v) is 3.42. The Morgan fingerprint density at radius 2 is 2.24 bits per heavy atom. The van der Waals surface area contributed by atoms with E-state index >= 15 is 0 Å². The monoisotopic (exact) mass is 285 g/mol. The van der Waals surface area contributed by atoms with Gasteiger partial charge in [-0.05, 0) is 5.92 Å². The van der Waals surface area contributed by atoms with Crippen LogP contribution in [-0.2, 0) is 0 Å². The van der Waals surface area contributed by atoms with Crippen molar-refractivity contribution in [2.75, 3.05) is 36.1 Å².